The minimum Gasteiger partial charge on any atom is -0.480 e. The van der Waals surface area contributed by atoms with Crippen LogP contribution in [0.4, 0.5) is 0 Å². The lowest BCUT2D eigenvalue weighted by Crippen LogP contribution is -2.28. The van der Waals surface area contributed by atoms with Crippen molar-refractivity contribution in [3.63, 3.8) is 0 Å². The average molecular weight is 343 g/mol. The number of aromatic nitrogens is 5. The molecule has 0 radical (unpaired) electrons. The largest absolute Gasteiger partial charge is 0.480 e. The van der Waals surface area contributed by atoms with Crippen molar-refractivity contribution in [2.75, 3.05) is 0 Å². The Morgan fingerprint density at radius 1 is 1.24 bits per heavy atom. The van der Waals surface area contributed by atoms with E-state index < -0.39 is 11.7 Å². The quantitative estimate of drug-likeness (QED) is 0.738. The summed E-state index contributed by atoms with van der Waals surface area (Å²) in [5.41, 5.74) is 0.910. The molecule has 0 saturated heterocycles. The second-order valence-corrected chi connectivity index (χ2v) is 5.72. The topological polar surface area (TPSA) is 116 Å². The van der Waals surface area contributed by atoms with E-state index in [9.17, 15) is 9.59 Å². The minimum atomic E-state index is -1.06. The summed E-state index contributed by atoms with van der Waals surface area (Å²) in [5, 5.41) is 13.3. The summed E-state index contributed by atoms with van der Waals surface area (Å²) in [5.74, 6) is 0.687. The molecule has 0 bridgehead atoms. The number of aryl methyl sites for hydroxylation is 3. The van der Waals surface area contributed by atoms with E-state index in [4.69, 9.17) is 9.52 Å². The average Bonchev–Trinajstić information content (AvgIpc) is 3.09. The zero-order chi connectivity index (χ0) is 18.1. The number of furan rings is 1. The summed E-state index contributed by atoms with van der Waals surface area (Å²) < 4.78 is 8.16. The Morgan fingerprint density at radius 3 is 2.60 bits per heavy atom. The van der Waals surface area contributed by atoms with Gasteiger partial charge in [-0.05, 0) is 39.0 Å². The molecule has 0 spiro atoms. The molecule has 3 aromatic rings. The fourth-order valence-electron chi connectivity index (χ4n) is 2.51. The van der Waals surface area contributed by atoms with Crippen LogP contribution in [0.5, 0.6) is 0 Å². The van der Waals surface area contributed by atoms with Gasteiger partial charge in [0.25, 0.3) is 0 Å². The molecule has 0 aliphatic rings. The Morgan fingerprint density at radius 2 is 2.00 bits per heavy atom. The summed E-state index contributed by atoms with van der Waals surface area (Å²) >= 11 is 0. The van der Waals surface area contributed by atoms with Gasteiger partial charge < -0.3 is 9.52 Å². The number of hydrogen-bond acceptors (Lipinski definition) is 6. The summed E-state index contributed by atoms with van der Waals surface area (Å²) in [6, 6.07) is 5.26. The van der Waals surface area contributed by atoms with E-state index in [2.05, 4.69) is 15.1 Å². The number of carboxylic acids is 1. The van der Waals surface area contributed by atoms with Crippen LogP contribution in [-0.4, -0.2) is 35.4 Å². The standard InChI is InChI=1S/C16H17N5O4/c1-9-6-10(2)20(16(24)17-9)7-13-18-15(12-5-4-11(3)25-12)19-21(13)8-14(22)23/h4-6H,7-8H2,1-3H3,(H,22,23). The van der Waals surface area contributed by atoms with Crippen molar-refractivity contribution < 1.29 is 14.3 Å². The molecular weight excluding hydrogens is 326 g/mol. The molecule has 0 unspecified atom stereocenters. The van der Waals surface area contributed by atoms with Crippen LogP contribution >= 0.6 is 0 Å². The van der Waals surface area contributed by atoms with Crippen LogP contribution in [-0.2, 0) is 17.9 Å². The second kappa shape index (κ2) is 6.34. The first kappa shape index (κ1) is 16.6. The maximum absolute atomic E-state index is 12.1. The fourth-order valence-corrected chi connectivity index (χ4v) is 2.51. The molecule has 25 heavy (non-hydrogen) atoms. The van der Waals surface area contributed by atoms with Gasteiger partial charge in [-0.2, -0.15) is 4.98 Å². The highest BCUT2D eigenvalue weighted by Crippen LogP contribution is 2.19. The van der Waals surface area contributed by atoms with Gasteiger partial charge in [-0.25, -0.2) is 14.5 Å². The van der Waals surface area contributed by atoms with E-state index in [-0.39, 0.29) is 18.9 Å². The van der Waals surface area contributed by atoms with E-state index in [1.807, 2.05) is 0 Å². The van der Waals surface area contributed by atoms with Gasteiger partial charge in [0.15, 0.2) is 5.76 Å². The molecule has 0 saturated carbocycles. The van der Waals surface area contributed by atoms with Crippen LogP contribution in [0.1, 0.15) is 23.0 Å². The normalized spacial score (nSPS) is 11.0. The Labute approximate surface area is 142 Å². The lowest BCUT2D eigenvalue weighted by Gasteiger charge is -2.09. The third-order valence-electron chi connectivity index (χ3n) is 3.64. The Bertz CT molecular complexity index is 998. The maximum Gasteiger partial charge on any atom is 0.348 e. The third kappa shape index (κ3) is 3.49. The maximum atomic E-state index is 12.1. The van der Waals surface area contributed by atoms with Crippen molar-refractivity contribution in [2.45, 2.75) is 33.9 Å². The molecule has 9 nitrogen and oxygen atoms in total. The number of rotatable bonds is 5. The highest BCUT2D eigenvalue weighted by Gasteiger charge is 2.17. The van der Waals surface area contributed by atoms with Crippen LogP contribution in [0.15, 0.2) is 27.4 Å². The molecule has 0 aliphatic heterocycles. The summed E-state index contributed by atoms with van der Waals surface area (Å²) in [6.07, 6.45) is 0. The zero-order valence-corrected chi connectivity index (χ0v) is 14.1. The Kier molecular flexibility index (Phi) is 4.22. The van der Waals surface area contributed by atoms with Gasteiger partial charge in [0.2, 0.25) is 5.82 Å². The first-order valence-corrected chi connectivity index (χ1v) is 7.61. The van der Waals surface area contributed by atoms with Crippen molar-refractivity contribution in [1.82, 2.24) is 24.3 Å². The molecule has 1 N–H and O–H groups in total. The van der Waals surface area contributed by atoms with Gasteiger partial charge in [0.1, 0.15) is 18.1 Å². The van der Waals surface area contributed by atoms with Gasteiger partial charge >= 0.3 is 11.7 Å². The summed E-state index contributed by atoms with van der Waals surface area (Å²) in [7, 11) is 0. The molecule has 3 aromatic heterocycles. The van der Waals surface area contributed by atoms with E-state index in [1.165, 1.54) is 9.25 Å². The van der Waals surface area contributed by atoms with Gasteiger partial charge in [0, 0.05) is 11.4 Å². The van der Waals surface area contributed by atoms with Crippen molar-refractivity contribution >= 4 is 5.97 Å². The molecular formula is C16H17N5O4. The smallest absolute Gasteiger partial charge is 0.348 e. The third-order valence-corrected chi connectivity index (χ3v) is 3.64. The number of aliphatic carboxylic acids is 1. The lowest BCUT2D eigenvalue weighted by atomic mass is 10.3. The van der Waals surface area contributed by atoms with Crippen molar-refractivity contribution in [3.05, 3.63) is 51.7 Å². The molecule has 0 fully saturated rings. The molecule has 0 aliphatic carbocycles. The molecule has 3 rings (SSSR count). The Balaban J connectivity index is 2.04. The van der Waals surface area contributed by atoms with Crippen LogP contribution in [0.2, 0.25) is 0 Å². The SMILES string of the molecule is Cc1cc(C)n(Cc2nc(-c3ccc(C)o3)nn2CC(=O)O)c(=O)n1. The highest BCUT2D eigenvalue weighted by molar-refractivity contribution is 5.66. The van der Waals surface area contributed by atoms with Crippen molar-refractivity contribution in [1.29, 1.82) is 0 Å². The van der Waals surface area contributed by atoms with Crippen molar-refractivity contribution in [3.8, 4) is 11.6 Å². The summed E-state index contributed by atoms with van der Waals surface area (Å²) in [4.78, 5) is 31.5. The molecule has 130 valence electrons. The van der Waals surface area contributed by atoms with E-state index >= 15 is 0 Å². The molecule has 0 amide bonds. The van der Waals surface area contributed by atoms with E-state index in [1.54, 1.807) is 39.0 Å². The minimum absolute atomic E-state index is 0.0674. The highest BCUT2D eigenvalue weighted by atomic mass is 16.4. The van der Waals surface area contributed by atoms with Gasteiger partial charge in [-0.15, -0.1) is 5.10 Å². The number of carboxylic acid groups (broad SMARTS) is 1. The molecule has 3 heterocycles. The van der Waals surface area contributed by atoms with Crippen LogP contribution < -0.4 is 5.69 Å². The second-order valence-electron chi connectivity index (χ2n) is 5.72. The predicted molar refractivity (Wildman–Crippen MR) is 87.2 cm³/mol. The van der Waals surface area contributed by atoms with Crippen LogP contribution in [0, 0.1) is 20.8 Å². The Hall–Kier alpha value is -3.23. The van der Waals surface area contributed by atoms with E-state index in [0.717, 1.165) is 0 Å². The van der Waals surface area contributed by atoms with Crippen LogP contribution in [0.25, 0.3) is 11.6 Å². The molecule has 0 atom stereocenters. The number of nitrogens with zero attached hydrogens (tertiary/aromatic N) is 5. The number of carbonyl (C=O) groups is 1. The van der Waals surface area contributed by atoms with E-state index in [0.29, 0.717) is 28.7 Å². The van der Waals surface area contributed by atoms with Gasteiger partial charge in [0.05, 0.1) is 6.54 Å². The number of hydrogen-bond donors (Lipinski definition) is 1. The predicted octanol–water partition coefficient (Wildman–Crippen LogP) is 1.15. The zero-order valence-electron chi connectivity index (χ0n) is 14.1. The summed E-state index contributed by atoms with van der Waals surface area (Å²) in [6.45, 7) is 5.01. The monoisotopic (exact) mass is 343 g/mol. The fraction of sp³-hybridized carbons (Fsp3) is 0.312. The van der Waals surface area contributed by atoms with Crippen LogP contribution in [0.3, 0.4) is 0 Å². The molecule has 9 heteroatoms. The van der Waals surface area contributed by atoms with Gasteiger partial charge in [-0.3, -0.25) is 9.36 Å². The van der Waals surface area contributed by atoms with Gasteiger partial charge in [-0.1, -0.05) is 0 Å². The van der Waals surface area contributed by atoms with Crippen molar-refractivity contribution in [2.24, 2.45) is 0 Å². The molecule has 0 aromatic carbocycles. The first-order chi connectivity index (χ1) is 11.8. The first-order valence-electron chi connectivity index (χ1n) is 7.61. The lowest BCUT2D eigenvalue weighted by molar-refractivity contribution is -0.137.